The van der Waals surface area contributed by atoms with E-state index in [2.05, 4.69) is 20.8 Å². The topological polar surface area (TPSA) is 84.7 Å². The number of nitrogen functional groups attached to an aromatic ring is 1. The number of nitrogens with one attached hydrogen (secondary N) is 1. The Hall–Kier alpha value is -0.830. The van der Waals surface area contributed by atoms with Crippen LogP contribution in [-0.2, 0) is 10.0 Å². The summed E-state index contributed by atoms with van der Waals surface area (Å²) in [6.07, 6.45) is 0. The minimum Gasteiger partial charge on any atom is -0.495 e. The lowest BCUT2D eigenvalue weighted by atomic mass is 10.3. The van der Waals surface area contributed by atoms with Crippen LogP contribution in [0.15, 0.2) is 21.5 Å². The Morgan fingerprint density at radius 3 is 2.47 bits per heavy atom. The first-order valence-electron chi connectivity index (χ1n) is 4.60. The zero-order valence-corrected chi connectivity index (χ0v) is 12.1. The number of hydrogen-bond donors (Lipinski definition) is 2. The molecule has 0 atom stereocenters. The minimum absolute atomic E-state index is 0.00519. The molecule has 0 aromatic heterocycles. The molecule has 0 aliphatic heterocycles. The Bertz CT molecular complexity index is 516. The predicted molar refractivity (Wildman–Crippen MR) is 69.1 cm³/mol. The van der Waals surface area contributed by atoms with E-state index >= 15 is 0 Å². The Kier molecular flexibility index (Phi) is 4.36. The van der Waals surface area contributed by atoms with Crippen molar-refractivity contribution >= 4 is 31.6 Å². The highest BCUT2D eigenvalue weighted by molar-refractivity contribution is 9.10. The van der Waals surface area contributed by atoms with Gasteiger partial charge >= 0.3 is 0 Å². The van der Waals surface area contributed by atoms with Crippen molar-refractivity contribution in [3.05, 3.63) is 16.6 Å². The van der Waals surface area contributed by atoms with Crippen LogP contribution in [0.1, 0.15) is 0 Å². The maximum absolute atomic E-state index is 12.0. The Balaban J connectivity index is 3.35. The predicted octanol–water partition coefficient (Wildman–Crippen LogP) is 0.795. The number of benzene rings is 1. The molecule has 0 aliphatic carbocycles. The summed E-state index contributed by atoms with van der Waals surface area (Å²) in [6.45, 7) is 0. The number of rotatable bonds is 4. The second-order valence-corrected chi connectivity index (χ2v) is 6.00. The smallest absolute Gasteiger partial charge is 0.257 e. The summed E-state index contributed by atoms with van der Waals surface area (Å²) in [4.78, 5) is 2.31. The molecule has 6 nitrogen and oxygen atoms in total. The van der Waals surface area contributed by atoms with E-state index in [1.807, 2.05) is 0 Å². The number of sulfonamides is 1. The summed E-state index contributed by atoms with van der Waals surface area (Å²) in [5.74, 6) is 0.223. The number of anilines is 1. The van der Waals surface area contributed by atoms with Gasteiger partial charge in [0, 0.05) is 24.3 Å². The molecular formula is C9H14BrN3O3S. The molecule has 0 saturated carbocycles. The molecule has 0 spiro atoms. The van der Waals surface area contributed by atoms with Crippen LogP contribution in [0, 0.1) is 0 Å². The average molecular weight is 324 g/mol. The number of halogens is 1. The summed E-state index contributed by atoms with van der Waals surface area (Å²) >= 11 is 3.21. The average Bonchev–Trinajstić information content (AvgIpc) is 2.19. The Labute approximate surface area is 109 Å². The van der Waals surface area contributed by atoms with Crippen LogP contribution < -0.4 is 15.3 Å². The lowest BCUT2D eigenvalue weighted by Crippen LogP contribution is -2.36. The van der Waals surface area contributed by atoms with Gasteiger partial charge in [-0.1, -0.05) is 0 Å². The summed E-state index contributed by atoms with van der Waals surface area (Å²) in [5.41, 5.74) is 5.99. The fourth-order valence-corrected chi connectivity index (χ4v) is 2.80. The third-order valence-electron chi connectivity index (χ3n) is 1.88. The molecule has 3 N–H and O–H groups in total. The molecule has 0 saturated heterocycles. The number of methoxy groups -OCH3 is 1. The largest absolute Gasteiger partial charge is 0.495 e. The first kappa shape index (κ1) is 14.2. The Morgan fingerprint density at radius 2 is 2.00 bits per heavy atom. The van der Waals surface area contributed by atoms with E-state index in [0.717, 1.165) is 0 Å². The van der Waals surface area contributed by atoms with Gasteiger partial charge in [-0.15, -0.1) is 4.83 Å². The van der Waals surface area contributed by atoms with E-state index < -0.39 is 10.0 Å². The summed E-state index contributed by atoms with van der Waals surface area (Å²) in [7, 11) is 0.855. The highest BCUT2D eigenvalue weighted by Crippen LogP contribution is 2.32. The minimum atomic E-state index is -3.69. The molecule has 1 aromatic carbocycles. The molecule has 0 aliphatic rings. The van der Waals surface area contributed by atoms with Gasteiger partial charge in [0.15, 0.2) is 0 Å². The van der Waals surface area contributed by atoms with Crippen molar-refractivity contribution in [3.8, 4) is 5.75 Å². The second kappa shape index (κ2) is 5.21. The molecule has 0 unspecified atom stereocenters. The van der Waals surface area contributed by atoms with Crippen molar-refractivity contribution in [3.63, 3.8) is 0 Å². The van der Waals surface area contributed by atoms with E-state index in [1.165, 1.54) is 24.3 Å². The number of nitrogens with zero attached hydrogens (tertiary/aromatic N) is 1. The molecule has 0 fully saturated rings. The zero-order valence-electron chi connectivity index (χ0n) is 9.69. The van der Waals surface area contributed by atoms with Crippen LogP contribution in [0.4, 0.5) is 5.69 Å². The van der Waals surface area contributed by atoms with Crippen LogP contribution in [0.3, 0.4) is 0 Å². The first-order valence-corrected chi connectivity index (χ1v) is 6.88. The molecule has 0 heterocycles. The third-order valence-corrected chi connectivity index (χ3v) is 4.07. The normalized spacial score (nSPS) is 11.8. The van der Waals surface area contributed by atoms with Gasteiger partial charge in [0.25, 0.3) is 10.0 Å². The van der Waals surface area contributed by atoms with Crippen LogP contribution in [0.2, 0.25) is 0 Å². The molecule has 0 radical (unpaired) electrons. The quantitative estimate of drug-likeness (QED) is 0.632. The van der Waals surface area contributed by atoms with Crippen molar-refractivity contribution in [1.29, 1.82) is 0 Å². The van der Waals surface area contributed by atoms with Crippen LogP contribution in [0.25, 0.3) is 0 Å². The van der Waals surface area contributed by atoms with Gasteiger partial charge in [0.05, 0.1) is 7.11 Å². The van der Waals surface area contributed by atoms with Gasteiger partial charge in [-0.25, -0.2) is 13.4 Å². The van der Waals surface area contributed by atoms with Gasteiger partial charge in [-0.2, -0.15) is 0 Å². The molecular weight excluding hydrogens is 310 g/mol. The third kappa shape index (κ3) is 3.32. The number of hydrogen-bond acceptors (Lipinski definition) is 5. The molecule has 0 bridgehead atoms. The van der Waals surface area contributed by atoms with E-state index in [0.29, 0.717) is 10.2 Å². The van der Waals surface area contributed by atoms with Crippen LogP contribution >= 0.6 is 15.9 Å². The second-order valence-electron chi connectivity index (χ2n) is 3.51. The number of nitrogens with two attached hydrogens (primary N) is 1. The zero-order chi connectivity index (χ0) is 13.2. The Morgan fingerprint density at radius 1 is 1.41 bits per heavy atom. The maximum Gasteiger partial charge on any atom is 0.257 e. The lowest BCUT2D eigenvalue weighted by Gasteiger charge is -2.15. The molecule has 1 rings (SSSR count). The lowest BCUT2D eigenvalue weighted by molar-refractivity contribution is 0.360. The molecule has 17 heavy (non-hydrogen) atoms. The van der Waals surface area contributed by atoms with Gasteiger partial charge in [0.2, 0.25) is 0 Å². The molecule has 0 amide bonds. The van der Waals surface area contributed by atoms with E-state index in [-0.39, 0.29) is 10.6 Å². The van der Waals surface area contributed by atoms with Crippen molar-refractivity contribution in [2.24, 2.45) is 0 Å². The van der Waals surface area contributed by atoms with Gasteiger partial charge in [-0.3, -0.25) is 0 Å². The van der Waals surface area contributed by atoms with Crippen molar-refractivity contribution in [2.75, 3.05) is 26.9 Å². The van der Waals surface area contributed by atoms with Crippen molar-refractivity contribution < 1.29 is 13.2 Å². The summed E-state index contributed by atoms with van der Waals surface area (Å²) in [6, 6.07) is 2.86. The maximum atomic E-state index is 12.0. The fourth-order valence-electron chi connectivity index (χ4n) is 1.21. The van der Waals surface area contributed by atoms with Crippen LogP contribution in [-0.4, -0.2) is 34.6 Å². The monoisotopic (exact) mass is 323 g/mol. The molecule has 96 valence electrons. The first-order chi connectivity index (χ1) is 7.77. The number of ether oxygens (including phenoxy) is 1. The molecule has 8 heteroatoms. The van der Waals surface area contributed by atoms with E-state index in [4.69, 9.17) is 10.5 Å². The van der Waals surface area contributed by atoms with Crippen molar-refractivity contribution in [1.82, 2.24) is 9.84 Å². The molecule has 1 aromatic rings. The SMILES string of the molecule is COc1cc(Br)c(N)cc1S(=O)(=O)NN(C)C. The fraction of sp³-hybridized carbons (Fsp3) is 0.333. The van der Waals surface area contributed by atoms with Gasteiger partial charge in [-0.05, 0) is 28.1 Å². The van der Waals surface area contributed by atoms with Gasteiger partial charge < -0.3 is 10.5 Å². The standard InChI is InChI=1S/C9H14BrN3O3S/c1-13(2)12-17(14,15)9-5-7(11)6(10)4-8(9)16-3/h4-5,12H,11H2,1-3H3. The van der Waals surface area contributed by atoms with Gasteiger partial charge in [0.1, 0.15) is 10.6 Å². The highest BCUT2D eigenvalue weighted by Gasteiger charge is 2.21. The summed E-state index contributed by atoms with van der Waals surface area (Å²) in [5, 5.41) is 1.33. The van der Waals surface area contributed by atoms with E-state index in [9.17, 15) is 8.42 Å². The summed E-state index contributed by atoms with van der Waals surface area (Å²) < 4.78 is 29.6. The van der Waals surface area contributed by atoms with Crippen LogP contribution in [0.5, 0.6) is 5.75 Å². The van der Waals surface area contributed by atoms with Crippen molar-refractivity contribution in [2.45, 2.75) is 4.90 Å². The highest BCUT2D eigenvalue weighted by atomic mass is 79.9. The van der Waals surface area contributed by atoms with E-state index in [1.54, 1.807) is 14.1 Å². The number of hydrazine groups is 1.